The first-order chi connectivity index (χ1) is 5.69. The second-order valence-electron chi connectivity index (χ2n) is 2.32. The lowest BCUT2D eigenvalue weighted by molar-refractivity contribution is 0.279. The molecule has 0 aromatic carbocycles. The first-order valence-electron chi connectivity index (χ1n) is 3.47. The maximum Gasteiger partial charge on any atom is 0.318 e. The van der Waals surface area contributed by atoms with Gasteiger partial charge in [-0.3, -0.25) is 0 Å². The van der Waals surface area contributed by atoms with Crippen LogP contribution >= 0.6 is 0 Å². The highest BCUT2D eigenvalue weighted by Crippen LogP contribution is 2.15. The maximum absolute atomic E-state index is 8.86. The van der Waals surface area contributed by atoms with Crippen molar-refractivity contribution >= 4 is 5.82 Å². The summed E-state index contributed by atoms with van der Waals surface area (Å²) in [6.45, 7) is 1.59. The van der Waals surface area contributed by atoms with Crippen molar-refractivity contribution in [2.24, 2.45) is 0 Å². The van der Waals surface area contributed by atoms with Gasteiger partial charge < -0.3 is 15.6 Å². The molecule has 0 saturated heterocycles. The quantitative estimate of drug-likeness (QED) is 0.644. The molecule has 66 valence electrons. The highest BCUT2D eigenvalue weighted by molar-refractivity contribution is 5.42. The molecule has 1 rings (SSSR count). The Balaban J connectivity index is 3.18. The fourth-order valence-electron chi connectivity index (χ4n) is 0.879. The second kappa shape index (κ2) is 3.36. The van der Waals surface area contributed by atoms with Crippen molar-refractivity contribution in [2.45, 2.75) is 13.5 Å². The summed E-state index contributed by atoms with van der Waals surface area (Å²) < 4.78 is 4.79. The fraction of sp³-hybridized carbons (Fsp3) is 0.429. The Labute approximate surface area is 70.2 Å². The van der Waals surface area contributed by atoms with Crippen LogP contribution in [0.1, 0.15) is 11.3 Å². The van der Waals surface area contributed by atoms with E-state index in [2.05, 4.69) is 9.97 Å². The van der Waals surface area contributed by atoms with Crippen molar-refractivity contribution in [3.05, 3.63) is 11.3 Å². The van der Waals surface area contributed by atoms with Crippen molar-refractivity contribution in [1.29, 1.82) is 0 Å². The van der Waals surface area contributed by atoms with Crippen LogP contribution in [0.25, 0.3) is 0 Å². The molecule has 5 nitrogen and oxygen atoms in total. The van der Waals surface area contributed by atoms with Crippen LogP contribution in [-0.4, -0.2) is 22.2 Å². The normalized spacial score (nSPS) is 9.92. The molecule has 0 atom stereocenters. The predicted molar refractivity (Wildman–Crippen MR) is 43.7 cm³/mol. The van der Waals surface area contributed by atoms with Crippen LogP contribution in [0.4, 0.5) is 5.82 Å². The smallest absolute Gasteiger partial charge is 0.318 e. The van der Waals surface area contributed by atoms with E-state index >= 15 is 0 Å². The number of nitrogens with zero attached hydrogens (tertiary/aromatic N) is 2. The number of ether oxygens (including phenoxy) is 1. The molecule has 0 amide bonds. The Bertz CT molecular complexity index is 265. The van der Waals surface area contributed by atoms with E-state index in [1.807, 2.05) is 0 Å². The lowest BCUT2D eigenvalue weighted by Gasteiger charge is -2.06. The number of rotatable bonds is 2. The van der Waals surface area contributed by atoms with Gasteiger partial charge in [0.1, 0.15) is 5.82 Å². The zero-order valence-electron chi connectivity index (χ0n) is 7.03. The van der Waals surface area contributed by atoms with E-state index in [0.717, 1.165) is 0 Å². The van der Waals surface area contributed by atoms with E-state index in [-0.39, 0.29) is 18.4 Å². The van der Waals surface area contributed by atoms with Crippen LogP contribution in [0.5, 0.6) is 6.01 Å². The topological polar surface area (TPSA) is 81.3 Å². The average Bonchev–Trinajstić information content (AvgIpc) is 2.03. The van der Waals surface area contributed by atoms with E-state index in [4.69, 9.17) is 15.6 Å². The molecule has 0 fully saturated rings. The Morgan fingerprint density at radius 1 is 1.50 bits per heavy atom. The minimum atomic E-state index is -0.151. The van der Waals surface area contributed by atoms with Gasteiger partial charge in [-0.2, -0.15) is 4.98 Å². The number of hydrogen-bond donors (Lipinski definition) is 2. The molecule has 0 saturated carbocycles. The number of aliphatic hydroxyl groups is 1. The van der Waals surface area contributed by atoms with Crippen LogP contribution in [-0.2, 0) is 6.61 Å². The zero-order valence-corrected chi connectivity index (χ0v) is 7.03. The molecule has 0 unspecified atom stereocenters. The minimum Gasteiger partial charge on any atom is -0.467 e. The number of anilines is 1. The Kier molecular flexibility index (Phi) is 2.44. The SMILES string of the molecule is COc1nc(C)c(CO)c(N)n1. The Morgan fingerprint density at radius 3 is 2.58 bits per heavy atom. The van der Waals surface area contributed by atoms with Crippen LogP contribution in [0, 0.1) is 6.92 Å². The van der Waals surface area contributed by atoms with Gasteiger partial charge in [0, 0.05) is 5.56 Å². The summed E-state index contributed by atoms with van der Waals surface area (Å²) in [5.74, 6) is 0.266. The van der Waals surface area contributed by atoms with Gasteiger partial charge in [0.2, 0.25) is 0 Å². The summed E-state index contributed by atoms with van der Waals surface area (Å²) >= 11 is 0. The van der Waals surface area contributed by atoms with Crippen molar-refractivity contribution in [3.63, 3.8) is 0 Å². The summed E-state index contributed by atoms with van der Waals surface area (Å²) in [5, 5.41) is 8.86. The summed E-state index contributed by atoms with van der Waals surface area (Å²) in [4.78, 5) is 7.76. The number of hydrogen-bond acceptors (Lipinski definition) is 5. The van der Waals surface area contributed by atoms with Gasteiger partial charge in [-0.25, -0.2) is 4.98 Å². The maximum atomic E-state index is 8.86. The van der Waals surface area contributed by atoms with Crippen molar-refractivity contribution in [1.82, 2.24) is 9.97 Å². The van der Waals surface area contributed by atoms with Crippen molar-refractivity contribution < 1.29 is 9.84 Å². The number of nitrogens with two attached hydrogens (primary N) is 1. The van der Waals surface area contributed by atoms with Crippen molar-refractivity contribution in [2.75, 3.05) is 12.8 Å². The molecule has 5 heteroatoms. The third-order valence-corrected chi connectivity index (χ3v) is 1.57. The highest BCUT2D eigenvalue weighted by atomic mass is 16.5. The zero-order chi connectivity index (χ0) is 9.14. The Morgan fingerprint density at radius 2 is 2.17 bits per heavy atom. The summed E-state index contributed by atoms with van der Waals surface area (Å²) in [6.07, 6.45) is 0. The first-order valence-corrected chi connectivity index (χ1v) is 3.47. The molecule has 0 aliphatic carbocycles. The average molecular weight is 169 g/mol. The standard InChI is InChI=1S/C7H11N3O2/c1-4-5(3-11)6(8)10-7(9-4)12-2/h11H,3H2,1-2H3,(H2,8,9,10). The van der Waals surface area contributed by atoms with Gasteiger partial charge in [-0.15, -0.1) is 0 Å². The molecule has 1 aromatic rings. The van der Waals surface area contributed by atoms with Crippen LogP contribution in [0.3, 0.4) is 0 Å². The Hall–Kier alpha value is -1.36. The van der Waals surface area contributed by atoms with Gasteiger partial charge in [-0.05, 0) is 6.92 Å². The van der Waals surface area contributed by atoms with Gasteiger partial charge >= 0.3 is 6.01 Å². The van der Waals surface area contributed by atoms with Gasteiger partial charge in [-0.1, -0.05) is 0 Å². The molecular formula is C7H11N3O2. The minimum absolute atomic E-state index is 0.151. The molecule has 0 aliphatic rings. The molecule has 0 aliphatic heterocycles. The van der Waals surface area contributed by atoms with E-state index in [9.17, 15) is 0 Å². The van der Waals surface area contributed by atoms with Crippen LogP contribution in [0.15, 0.2) is 0 Å². The number of aryl methyl sites for hydroxylation is 1. The third kappa shape index (κ3) is 1.45. The third-order valence-electron chi connectivity index (χ3n) is 1.57. The van der Waals surface area contributed by atoms with Crippen LogP contribution < -0.4 is 10.5 Å². The predicted octanol–water partition coefficient (Wildman–Crippen LogP) is -0.132. The summed E-state index contributed by atoms with van der Waals surface area (Å²) in [6, 6.07) is 0.224. The summed E-state index contributed by atoms with van der Waals surface area (Å²) in [7, 11) is 1.47. The molecule has 0 bridgehead atoms. The van der Waals surface area contributed by atoms with E-state index in [1.165, 1.54) is 7.11 Å². The number of nitrogen functional groups attached to an aromatic ring is 1. The molecular weight excluding hydrogens is 158 g/mol. The first kappa shape index (κ1) is 8.73. The molecule has 1 heterocycles. The van der Waals surface area contributed by atoms with E-state index in [0.29, 0.717) is 11.3 Å². The van der Waals surface area contributed by atoms with E-state index in [1.54, 1.807) is 6.92 Å². The van der Waals surface area contributed by atoms with E-state index < -0.39 is 0 Å². The monoisotopic (exact) mass is 169 g/mol. The molecule has 0 radical (unpaired) electrons. The lowest BCUT2D eigenvalue weighted by atomic mass is 10.2. The van der Waals surface area contributed by atoms with Crippen LogP contribution in [0.2, 0.25) is 0 Å². The number of aliphatic hydroxyl groups excluding tert-OH is 1. The number of aromatic nitrogens is 2. The van der Waals surface area contributed by atoms with Crippen molar-refractivity contribution in [3.8, 4) is 6.01 Å². The summed E-state index contributed by atoms with van der Waals surface area (Å²) in [5.41, 5.74) is 6.71. The number of methoxy groups -OCH3 is 1. The lowest BCUT2D eigenvalue weighted by Crippen LogP contribution is -2.05. The van der Waals surface area contributed by atoms with Gasteiger partial charge in [0.05, 0.1) is 19.4 Å². The van der Waals surface area contributed by atoms with Gasteiger partial charge in [0.15, 0.2) is 0 Å². The molecule has 0 spiro atoms. The highest BCUT2D eigenvalue weighted by Gasteiger charge is 2.07. The molecule has 12 heavy (non-hydrogen) atoms. The second-order valence-corrected chi connectivity index (χ2v) is 2.32. The fourth-order valence-corrected chi connectivity index (χ4v) is 0.879. The largest absolute Gasteiger partial charge is 0.467 e. The van der Waals surface area contributed by atoms with Gasteiger partial charge in [0.25, 0.3) is 0 Å². The molecule has 3 N–H and O–H groups in total. The molecule has 1 aromatic heterocycles.